The number of hydrogen-bond acceptors (Lipinski definition) is 0. The van der Waals surface area contributed by atoms with Crippen molar-refractivity contribution >= 4 is 28.7 Å². The van der Waals surface area contributed by atoms with Gasteiger partial charge in [0.25, 0.3) is 0 Å². The molecule has 3 radical (unpaired) electrons. The third-order valence-electron chi connectivity index (χ3n) is 2.53. The molecule has 0 amide bonds. The van der Waals surface area contributed by atoms with Crippen LogP contribution in [0, 0.1) is 13.8 Å². The molecule has 69 valence electrons. The average Bonchev–Trinajstić information content (AvgIpc) is 1.97. The summed E-state index contributed by atoms with van der Waals surface area (Å²) in [4.78, 5) is 0. The van der Waals surface area contributed by atoms with Gasteiger partial charge in [0.15, 0.2) is 0 Å². The van der Waals surface area contributed by atoms with Crippen molar-refractivity contribution in [1.82, 2.24) is 0 Å². The fourth-order valence-corrected chi connectivity index (χ4v) is 3.02. The lowest BCUT2D eigenvalue weighted by Crippen LogP contribution is -2.40. The predicted octanol–water partition coefficient (Wildman–Crippen LogP) is 1.64. The van der Waals surface area contributed by atoms with Crippen LogP contribution in [0.4, 0.5) is 0 Å². The van der Waals surface area contributed by atoms with E-state index in [2.05, 4.69) is 55.9 Å². The lowest BCUT2D eigenvalue weighted by atomic mass is 10.1. The molecule has 0 bridgehead atoms. The third-order valence-corrected chi connectivity index (χ3v) is 5.07. The van der Waals surface area contributed by atoms with Crippen molar-refractivity contribution in [3.05, 3.63) is 23.3 Å². The highest BCUT2D eigenvalue weighted by atomic mass is 28.3. The van der Waals surface area contributed by atoms with Gasteiger partial charge >= 0.3 is 0 Å². The SMILES string of the molecule is Cc1cc([Si](C)(C)C)cc([Si])c1C. The summed E-state index contributed by atoms with van der Waals surface area (Å²) in [5, 5.41) is 2.78. The largest absolute Gasteiger partial charge is 0.0775 e. The Bertz CT molecular complexity index is 298. The standard InChI is InChI=1S/C11H17Si2/c1-8-6-10(13(3,4)5)7-11(12)9(8)2/h6-7H,1-5H3. The quantitative estimate of drug-likeness (QED) is 0.612. The van der Waals surface area contributed by atoms with E-state index in [0.29, 0.717) is 0 Å². The van der Waals surface area contributed by atoms with Crippen LogP contribution in [0.15, 0.2) is 12.1 Å². The van der Waals surface area contributed by atoms with Gasteiger partial charge in [-0.15, -0.1) is 0 Å². The minimum atomic E-state index is -1.15. The van der Waals surface area contributed by atoms with Crippen LogP contribution in [0.25, 0.3) is 0 Å². The topological polar surface area (TPSA) is 0 Å². The van der Waals surface area contributed by atoms with Crippen molar-refractivity contribution in [3.8, 4) is 0 Å². The summed E-state index contributed by atoms with van der Waals surface area (Å²) in [6.07, 6.45) is 0. The van der Waals surface area contributed by atoms with Crippen LogP contribution in [0.5, 0.6) is 0 Å². The zero-order chi connectivity index (χ0) is 10.2. The molecule has 0 nitrogen and oxygen atoms in total. The molecule has 1 rings (SSSR count). The van der Waals surface area contributed by atoms with E-state index in [9.17, 15) is 0 Å². The normalized spacial score (nSPS) is 11.8. The smallest absolute Gasteiger partial charge is 0.0656 e. The summed E-state index contributed by atoms with van der Waals surface area (Å²) >= 11 is 0. The number of hydrogen-bond donors (Lipinski definition) is 0. The van der Waals surface area contributed by atoms with Crippen LogP contribution in [0.2, 0.25) is 19.6 Å². The molecule has 0 fully saturated rings. The summed E-state index contributed by atoms with van der Waals surface area (Å²) in [5.41, 5.74) is 2.75. The van der Waals surface area contributed by atoms with E-state index >= 15 is 0 Å². The second-order valence-corrected chi connectivity index (χ2v) is 10.3. The van der Waals surface area contributed by atoms with E-state index in [0.717, 1.165) is 0 Å². The van der Waals surface area contributed by atoms with Crippen LogP contribution in [-0.4, -0.2) is 18.3 Å². The predicted molar refractivity (Wildman–Crippen MR) is 64.3 cm³/mol. The zero-order valence-corrected chi connectivity index (χ0v) is 11.2. The number of benzene rings is 1. The van der Waals surface area contributed by atoms with Crippen molar-refractivity contribution < 1.29 is 0 Å². The van der Waals surface area contributed by atoms with Gasteiger partial charge in [0.1, 0.15) is 0 Å². The molecular formula is C11H17Si2. The van der Waals surface area contributed by atoms with Gasteiger partial charge in [0.2, 0.25) is 0 Å². The van der Waals surface area contributed by atoms with Crippen molar-refractivity contribution in [3.63, 3.8) is 0 Å². The molecule has 0 unspecified atom stereocenters. The Morgan fingerprint density at radius 2 is 1.62 bits per heavy atom. The molecule has 0 saturated carbocycles. The Morgan fingerprint density at radius 1 is 1.08 bits per heavy atom. The van der Waals surface area contributed by atoms with Crippen LogP contribution in [0.1, 0.15) is 11.1 Å². The Labute approximate surface area is 85.8 Å². The molecule has 1 aromatic rings. The first kappa shape index (κ1) is 10.7. The summed E-state index contributed by atoms with van der Waals surface area (Å²) < 4.78 is 0. The van der Waals surface area contributed by atoms with E-state index in [-0.39, 0.29) is 0 Å². The molecule has 13 heavy (non-hydrogen) atoms. The van der Waals surface area contributed by atoms with Gasteiger partial charge in [-0.3, -0.25) is 0 Å². The molecule has 0 spiro atoms. The first-order chi connectivity index (χ1) is 5.82. The van der Waals surface area contributed by atoms with Gasteiger partial charge < -0.3 is 0 Å². The molecule has 0 heterocycles. The number of aryl methyl sites for hydroxylation is 1. The summed E-state index contributed by atoms with van der Waals surface area (Å²) in [5.74, 6) is 0. The molecule has 0 aromatic heterocycles. The molecular weight excluding hydrogens is 188 g/mol. The fourth-order valence-electron chi connectivity index (χ4n) is 1.29. The lowest BCUT2D eigenvalue weighted by molar-refractivity contribution is 1.37. The van der Waals surface area contributed by atoms with Crippen molar-refractivity contribution in [2.45, 2.75) is 33.5 Å². The van der Waals surface area contributed by atoms with Gasteiger partial charge in [0.05, 0.1) is 18.3 Å². The lowest BCUT2D eigenvalue weighted by Gasteiger charge is -2.19. The second kappa shape index (κ2) is 3.42. The first-order valence-corrected chi connectivity index (χ1v) is 8.65. The van der Waals surface area contributed by atoms with E-state index < -0.39 is 8.07 Å². The maximum absolute atomic E-state index is 3.66. The minimum Gasteiger partial charge on any atom is -0.0656 e. The Morgan fingerprint density at radius 3 is 2.00 bits per heavy atom. The van der Waals surface area contributed by atoms with E-state index in [1.165, 1.54) is 21.5 Å². The van der Waals surface area contributed by atoms with E-state index in [1.54, 1.807) is 0 Å². The van der Waals surface area contributed by atoms with Crippen LogP contribution < -0.4 is 10.4 Å². The molecule has 1 aromatic carbocycles. The van der Waals surface area contributed by atoms with Crippen LogP contribution in [-0.2, 0) is 0 Å². The maximum Gasteiger partial charge on any atom is 0.0775 e. The van der Waals surface area contributed by atoms with Crippen molar-refractivity contribution in [2.75, 3.05) is 0 Å². The van der Waals surface area contributed by atoms with Crippen molar-refractivity contribution in [1.29, 1.82) is 0 Å². The molecule has 2 heteroatoms. The van der Waals surface area contributed by atoms with Crippen molar-refractivity contribution in [2.24, 2.45) is 0 Å². The summed E-state index contributed by atoms with van der Waals surface area (Å²) in [6.45, 7) is 11.5. The third kappa shape index (κ3) is 2.32. The average molecular weight is 205 g/mol. The molecule has 0 atom stereocenters. The molecule has 0 saturated heterocycles. The molecule has 0 N–H and O–H groups in total. The monoisotopic (exact) mass is 205 g/mol. The Hall–Kier alpha value is -0.346. The van der Waals surface area contributed by atoms with Gasteiger partial charge in [-0.05, 0) is 25.0 Å². The maximum atomic E-state index is 3.66. The highest BCUT2D eigenvalue weighted by molar-refractivity contribution is 6.88. The highest BCUT2D eigenvalue weighted by Crippen LogP contribution is 2.06. The van der Waals surface area contributed by atoms with Gasteiger partial charge in [-0.1, -0.05) is 42.1 Å². The van der Waals surface area contributed by atoms with Crippen LogP contribution in [0.3, 0.4) is 0 Å². The van der Waals surface area contributed by atoms with E-state index in [4.69, 9.17) is 0 Å². The van der Waals surface area contributed by atoms with E-state index in [1.807, 2.05) is 0 Å². The summed E-state index contributed by atoms with van der Waals surface area (Å²) in [6, 6.07) is 4.62. The highest BCUT2D eigenvalue weighted by Gasteiger charge is 2.17. The minimum absolute atomic E-state index is 1.15. The molecule has 0 aliphatic rings. The summed E-state index contributed by atoms with van der Waals surface area (Å²) in [7, 11) is 2.51. The Kier molecular flexibility index (Phi) is 2.83. The molecule has 0 aliphatic carbocycles. The van der Waals surface area contributed by atoms with Gasteiger partial charge in [-0.25, -0.2) is 0 Å². The number of rotatable bonds is 1. The Balaban J connectivity index is 3.29. The first-order valence-electron chi connectivity index (χ1n) is 4.65. The van der Waals surface area contributed by atoms with Gasteiger partial charge in [-0.2, -0.15) is 0 Å². The zero-order valence-electron chi connectivity index (χ0n) is 9.15. The fraction of sp³-hybridized carbons (Fsp3) is 0.455. The second-order valence-electron chi connectivity index (χ2n) is 4.72. The van der Waals surface area contributed by atoms with Gasteiger partial charge in [0, 0.05) is 0 Å². The van der Waals surface area contributed by atoms with Crippen LogP contribution >= 0.6 is 0 Å². The molecule has 0 aliphatic heterocycles.